The number of alkyl halides is 3. The molecule has 4 rings (SSSR count). The van der Waals surface area contributed by atoms with Gasteiger partial charge in [-0.25, -0.2) is 24.7 Å². The van der Waals surface area contributed by atoms with Crippen LogP contribution < -0.4 is 10.1 Å². The zero-order chi connectivity index (χ0) is 24.8. The molecule has 2 heterocycles. The van der Waals surface area contributed by atoms with Gasteiger partial charge >= 0.3 is 12.1 Å². The molecule has 0 fully saturated rings. The van der Waals surface area contributed by atoms with Crippen molar-refractivity contribution < 1.29 is 27.8 Å². The summed E-state index contributed by atoms with van der Waals surface area (Å²) in [5.74, 6) is -0.665. The number of halogens is 3. The number of hydrogen-bond acceptors (Lipinski definition) is 7. The molecule has 0 aliphatic carbocycles. The Kier molecular flexibility index (Phi) is 6.86. The Morgan fingerprint density at radius 3 is 2.34 bits per heavy atom. The molecule has 1 unspecified atom stereocenters. The first-order valence-corrected chi connectivity index (χ1v) is 10.3. The number of carboxylic acid groups (broad SMARTS) is 1. The molecule has 0 radical (unpaired) electrons. The number of aromatic nitrogens is 4. The molecule has 35 heavy (non-hydrogen) atoms. The Balaban J connectivity index is 1.47. The first-order valence-electron chi connectivity index (χ1n) is 10.3. The highest BCUT2D eigenvalue weighted by molar-refractivity contribution is 5.77. The molecule has 0 amide bonds. The minimum atomic E-state index is -4.61. The summed E-state index contributed by atoms with van der Waals surface area (Å²) in [4.78, 5) is 27.0. The zero-order valence-electron chi connectivity index (χ0n) is 18.0. The second-order valence-electron chi connectivity index (χ2n) is 7.38. The lowest BCUT2D eigenvalue weighted by Gasteiger charge is -2.15. The van der Waals surface area contributed by atoms with Crippen molar-refractivity contribution in [1.82, 2.24) is 19.9 Å². The second kappa shape index (κ2) is 10.2. The van der Waals surface area contributed by atoms with Gasteiger partial charge in [0.25, 0.3) is 0 Å². The van der Waals surface area contributed by atoms with Crippen LogP contribution in [0.3, 0.4) is 0 Å². The summed E-state index contributed by atoms with van der Waals surface area (Å²) in [5.41, 5.74) is 0.936. The van der Waals surface area contributed by atoms with E-state index in [0.717, 1.165) is 11.9 Å². The lowest BCUT2D eigenvalue weighted by Crippen LogP contribution is -2.31. The van der Waals surface area contributed by atoms with Gasteiger partial charge in [0.2, 0.25) is 5.88 Å². The molecule has 2 N–H and O–H groups in total. The second-order valence-corrected chi connectivity index (χ2v) is 7.38. The normalized spacial score (nSPS) is 12.1. The molecular weight excluding hydrogens is 463 g/mol. The Morgan fingerprint density at radius 1 is 0.943 bits per heavy atom. The number of aliphatic carboxylic acids is 1. The molecule has 4 aromatic rings. The Labute approximate surface area is 197 Å². The summed E-state index contributed by atoms with van der Waals surface area (Å²) in [7, 11) is 0. The van der Waals surface area contributed by atoms with Gasteiger partial charge in [0, 0.05) is 24.1 Å². The Morgan fingerprint density at radius 2 is 1.66 bits per heavy atom. The van der Waals surface area contributed by atoms with E-state index in [1.165, 1.54) is 6.33 Å². The van der Waals surface area contributed by atoms with Crippen molar-refractivity contribution in [2.75, 3.05) is 5.32 Å². The summed E-state index contributed by atoms with van der Waals surface area (Å²) in [5, 5.41) is 12.5. The van der Waals surface area contributed by atoms with E-state index in [9.17, 15) is 23.1 Å². The molecule has 0 aliphatic rings. The zero-order valence-corrected chi connectivity index (χ0v) is 18.0. The van der Waals surface area contributed by atoms with E-state index in [1.54, 1.807) is 30.3 Å². The van der Waals surface area contributed by atoms with Crippen molar-refractivity contribution in [3.05, 3.63) is 90.6 Å². The molecule has 2 aromatic carbocycles. The molecule has 0 bridgehead atoms. The van der Waals surface area contributed by atoms with Crippen molar-refractivity contribution >= 4 is 11.8 Å². The number of nitrogens with one attached hydrogen (secondary N) is 1. The van der Waals surface area contributed by atoms with Gasteiger partial charge in [-0.2, -0.15) is 13.2 Å². The van der Waals surface area contributed by atoms with Crippen LogP contribution in [0.25, 0.3) is 11.3 Å². The van der Waals surface area contributed by atoms with E-state index in [2.05, 4.69) is 25.3 Å². The smallest absolute Gasteiger partial charge is 0.433 e. The minimum Gasteiger partial charge on any atom is -0.480 e. The van der Waals surface area contributed by atoms with Crippen molar-refractivity contribution in [3.63, 3.8) is 0 Å². The fourth-order valence-corrected chi connectivity index (χ4v) is 3.19. The van der Waals surface area contributed by atoms with Crippen LogP contribution in [-0.4, -0.2) is 37.1 Å². The molecular formula is C24H18F3N5O3. The first-order chi connectivity index (χ1) is 16.8. The third-order valence-electron chi connectivity index (χ3n) is 4.87. The topological polar surface area (TPSA) is 110 Å². The molecule has 8 nitrogen and oxygen atoms in total. The molecule has 2 aromatic heterocycles. The fourth-order valence-electron chi connectivity index (χ4n) is 3.19. The predicted molar refractivity (Wildman–Crippen MR) is 120 cm³/mol. The monoisotopic (exact) mass is 481 g/mol. The summed E-state index contributed by atoms with van der Waals surface area (Å²) in [6.07, 6.45) is -2.25. The van der Waals surface area contributed by atoms with Crippen LogP contribution in [0, 0.1) is 0 Å². The standard InChI is InChI=1S/C24H18F3N5O3/c25-24(26,27)20-12-22(31-14-29-20)35-17-8-6-16(7-9-17)18-11-21(30-13-28-18)32-19(23(33)34)10-15-4-2-1-3-5-15/h1-9,11-14,19H,10H2,(H,33,34)(H,28,30,32). The van der Waals surface area contributed by atoms with Crippen LogP contribution in [0.15, 0.2) is 79.4 Å². The number of ether oxygens (including phenoxy) is 1. The molecule has 0 saturated carbocycles. The van der Waals surface area contributed by atoms with E-state index in [0.29, 0.717) is 23.1 Å². The van der Waals surface area contributed by atoms with Crippen molar-refractivity contribution in [2.24, 2.45) is 0 Å². The third-order valence-corrected chi connectivity index (χ3v) is 4.87. The van der Waals surface area contributed by atoms with Gasteiger partial charge in [0.15, 0.2) is 5.69 Å². The van der Waals surface area contributed by atoms with E-state index in [4.69, 9.17) is 4.74 Å². The van der Waals surface area contributed by atoms with Crippen LogP contribution in [0.4, 0.5) is 19.0 Å². The lowest BCUT2D eigenvalue weighted by atomic mass is 10.1. The number of carboxylic acids is 1. The largest absolute Gasteiger partial charge is 0.480 e. The van der Waals surface area contributed by atoms with Gasteiger partial charge < -0.3 is 15.2 Å². The number of anilines is 1. The number of hydrogen-bond donors (Lipinski definition) is 2. The van der Waals surface area contributed by atoms with Crippen LogP contribution in [0.2, 0.25) is 0 Å². The molecule has 0 saturated heterocycles. The SMILES string of the molecule is O=C(O)C(Cc1ccccc1)Nc1cc(-c2ccc(Oc3cc(C(F)(F)F)ncn3)cc2)ncn1. The third kappa shape index (κ3) is 6.28. The quantitative estimate of drug-likeness (QED) is 0.368. The average molecular weight is 481 g/mol. The van der Waals surface area contributed by atoms with Gasteiger partial charge in [-0.3, -0.25) is 0 Å². The van der Waals surface area contributed by atoms with Crippen LogP contribution in [0.5, 0.6) is 11.6 Å². The highest BCUT2D eigenvalue weighted by Gasteiger charge is 2.33. The maximum Gasteiger partial charge on any atom is 0.433 e. The first kappa shape index (κ1) is 23.6. The number of rotatable bonds is 8. The molecule has 11 heteroatoms. The predicted octanol–water partition coefficient (Wildman–Crippen LogP) is 4.85. The van der Waals surface area contributed by atoms with Crippen LogP contribution in [0.1, 0.15) is 11.3 Å². The molecule has 1 atom stereocenters. The van der Waals surface area contributed by atoms with Crippen molar-refractivity contribution in [3.8, 4) is 22.9 Å². The van der Waals surface area contributed by atoms with Gasteiger partial charge in [0.1, 0.15) is 30.3 Å². The molecule has 0 spiro atoms. The Hall–Kier alpha value is -4.54. The summed E-state index contributed by atoms with van der Waals surface area (Å²) in [6, 6.07) is 17.1. The van der Waals surface area contributed by atoms with Crippen LogP contribution in [-0.2, 0) is 17.4 Å². The molecule has 0 aliphatic heterocycles. The summed E-state index contributed by atoms with van der Waals surface area (Å²) < 4.78 is 43.9. The highest BCUT2D eigenvalue weighted by atomic mass is 19.4. The van der Waals surface area contributed by atoms with E-state index in [1.807, 2.05) is 30.3 Å². The Bertz CT molecular complexity index is 1300. The average Bonchev–Trinajstić information content (AvgIpc) is 2.84. The lowest BCUT2D eigenvalue weighted by molar-refractivity contribution is -0.141. The van der Waals surface area contributed by atoms with Crippen LogP contribution >= 0.6 is 0 Å². The van der Waals surface area contributed by atoms with Gasteiger partial charge in [-0.05, 0) is 29.8 Å². The number of nitrogens with zero attached hydrogens (tertiary/aromatic N) is 4. The van der Waals surface area contributed by atoms with E-state index in [-0.39, 0.29) is 18.1 Å². The fraction of sp³-hybridized carbons (Fsp3) is 0.125. The van der Waals surface area contributed by atoms with Gasteiger partial charge in [0.05, 0.1) is 5.69 Å². The summed E-state index contributed by atoms with van der Waals surface area (Å²) in [6.45, 7) is 0. The van der Waals surface area contributed by atoms with Gasteiger partial charge in [-0.15, -0.1) is 0 Å². The van der Waals surface area contributed by atoms with E-state index < -0.39 is 23.9 Å². The number of benzene rings is 2. The maximum absolute atomic E-state index is 12.8. The maximum atomic E-state index is 12.8. The summed E-state index contributed by atoms with van der Waals surface area (Å²) >= 11 is 0. The van der Waals surface area contributed by atoms with Crippen molar-refractivity contribution in [2.45, 2.75) is 18.6 Å². The molecule has 178 valence electrons. The number of carbonyl (C=O) groups is 1. The highest BCUT2D eigenvalue weighted by Crippen LogP contribution is 2.30. The van der Waals surface area contributed by atoms with Crippen molar-refractivity contribution in [1.29, 1.82) is 0 Å². The van der Waals surface area contributed by atoms with E-state index >= 15 is 0 Å². The van der Waals surface area contributed by atoms with Gasteiger partial charge in [-0.1, -0.05) is 30.3 Å². The minimum absolute atomic E-state index is 0.244.